The Morgan fingerprint density at radius 2 is 1.85 bits per heavy atom. The van der Waals surface area contributed by atoms with E-state index in [9.17, 15) is 13.2 Å². The Bertz CT molecular complexity index is 986. The second-order valence-corrected chi connectivity index (χ2v) is 8.21. The lowest BCUT2D eigenvalue weighted by atomic mass is 10.1. The average molecular weight is 384 g/mol. The molecule has 0 spiro atoms. The number of sulfonamides is 1. The summed E-state index contributed by atoms with van der Waals surface area (Å²) in [5.41, 5.74) is 1.66. The molecule has 0 aliphatic carbocycles. The molecule has 1 saturated heterocycles. The number of ether oxygens (including phenoxy) is 1. The van der Waals surface area contributed by atoms with Gasteiger partial charge in [0.15, 0.2) is 5.84 Å². The third-order valence-electron chi connectivity index (χ3n) is 4.89. The van der Waals surface area contributed by atoms with Crippen molar-refractivity contribution in [1.82, 2.24) is 4.90 Å². The molecule has 2 aromatic carbocycles. The van der Waals surface area contributed by atoms with E-state index in [-0.39, 0.29) is 10.9 Å². The van der Waals surface area contributed by atoms with Crippen LogP contribution in [-0.4, -0.2) is 44.3 Å². The molecule has 0 N–H and O–H groups in total. The third kappa shape index (κ3) is 3.47. The molecule has 0 radical (unpaired) electrons. The Kier molecular flexibility index (Phi) is 4.70. The van der Waals surface area contributed by atoms with Crippen LogP contribution in [0.5, 0.6) is 0 Å². The molecule has 0 aromatic heterocycles. The standard InChI is InChI=1S/C20H20N2O4S/c23-20(26-14-12-15-7-2-1-3-8-15)17-10-6-13-22(17)19-16-9-4-5-11-18(16)27(24,25)21-19/h1-5,7-9,11,17H,6,10,12-14H2/t17-/m0/s1. The Morgan fingerprint density at radius 1 is 1.11 bits per heavy atom. The van der Waals surface area contributed by atoms with Crippen LogP contribution in [0.2, 0.25) is 0 Å². The molecule has 2 aliphatic heterocycles. The SMILES string of the molecule is O=C(OCCc1ccccc1)[C@@H]1CCCN1C1=NS(=O)(=O)c2ccccc21. The van der Waals surface area contributed by atoms with Gasteiger partial charge in [-0.15, -0.1) is 4.40 Å². The minimum atomic E-state index is -3.70. The number of rotatable bonds is 4. The maximum absolute atomic E-state index is 12.6. The van der Waals surface area contributed by atoms with Crippen molar-refractivity contribution in [3.8, 4) is 0 Å². The van der Waals surface area contributed by atoms with Crippen LogP contribution in [0.25, 0.3) is 0 Å². The van der Waals surface area contributed by atoms with E-state index < -0.39 is 16.1 Å². The number of nitrogens with zero attached hydrogens (tertiary/aromatic N) is 2. The highest BCUT2D eigenvalue weighted by atomic mass is 32.2. The van der Waals surface area contributed by atoms with E-state index in [0.29, 0.717) is 37.4 Å². The van der Waals surface area contributed by atoms with Crippen LogP contribution in [0.4, 0.5) is 0 Å². The van der Waals surface area contributed by atoms with Crippen LogP contribution >= 0.6 is 0 Å². The zero-order valence-electron chi connectivity index (χ0n) is 14.7. The molecule has 2 aliphatic rings. The van der Waals surface area contributed by atoms with E-state index in [1.165, 1.54) is 0 Å². The highest BCUT2D eigenvalue weighted by Gasteiger charge is 2.39. The fourth-order valence-corrected chi connectivity index (χ4v) is 4.79. The zero-order valence-corrected chi connectivity index (χ0v) is 15.6. The maximum atomic E-state index is 12.6. The first kappa shape index (κ1) is 17.7. The lowest BCUT2D eigenvalue weighted by molar-refractivity contribution is -0.147. The molecule has 0 unspecified atom stereocenters. The Labute approximate surface area is 158 Å². The van der Waals surface area contributed by atoms with E-state index in [1.54, 1.807) is 29.2 Å². The summed E-state index contributed by atoms with van der Waals surface area (Å²) >= 11 is 0. The molecule has 2 heterocycles. The number of amidine groups is 1. The number of likely N-dealkylation sites (tertiary alicyclic amines) is 1. The Hall–Kier alpha value is -2.67. The van der Waals surface area contributed by atoms with E-state index in [4.69, 9.17) is 4.74 Å². The first-order valence-electron chi connectivity index (χ1n) is 8.98. The van der Waals surface area contributed by atoms with E-state index in [1.807, 2.05) is 30.3 Å². The summed E-state index contributed by atoms with van der Waals surface area (Å²) in [7, 11) is -3.70. The Balaban J connectivity index is 1.47. The van der Waals surface area contributed by atoms with Crippen molar-refractivity contribution in [3.63, 3.8) is 0 Å². The summed E-state index contributed by atoms with van der Waals surface area (Å²) in [4.78, 5) is 14.6. The quantitative estimate of drug-likeness (QED) is 0.757. The van der Waals surface area contributed by atoms with Crippen LogP contribution in [-0.2, 0) is 26.0 Å². The molecule has 2 aromatic rings. The molecule has 1 fully saturated rings. The third-order valence-corrected chi connectivity index (χ3v) is 6.21. The molecule has 7 heteroatoms. The fraction of sp³-hybridized carbons (Fsp3) is 0.300. The van der Waals surface area contributed by atoms with Gasteiger partial charge in [0.25, 0.3) is 10.0 Å². The molecular weight excluding hydrogens is 364 g/mol. The second kappa shape index (κ2) is 7.15. The molecule has 4 rings (SSSR count). The zero-order chi connectivity index (χ0) is 18.9. The van der Waals surface area contributed by atoms with E-state index in [0.717, 1.165) is 12.0 Å². The first-order valence-corrected chi connectivity index (χ1v) is 10.4. The van der Waals surface area contributed by atoms with Crippen molar-refractivity contribution in [2.24, 2.45) is 4.40 Å². The van der Waals surface area contributed by atoms with Gasteiger partial charge in [-0.1, -0.05) is 42.5 Å². The van der Waals surface area contributed by atoms with Crippen LogP contribution in [0.1, 0.15) is 24.0 Å². The summed E-state index contributed by atoms with van der Waals surface area (Å²) in [6, 6.07) is 16.1. The second-order valence-electron chi connectivity index (χ2n) is 6.64. The topological polar surface area (TPSA) is 76.0 Å². The fourth-order valence-electron chi connectivity index (χ4n) is 3.57. The van der Waals surface area contributed by atoms with Crippen LogP contribution in [0, 0.1) is 0 Å². The highest BCUT2D eigenvalue weighted by Crippen LogP contribution is 2.31. The molecule has 0 saturated carbocycles. The van der Waals surface area contributed by atoms with Crippen molar-refractivity contribution >= 4 is 21.8 Å². The van der Waals surface area contributed by atoms with Gasteiger partial charge in [0, 0.05) is 18.5 Å². The smallest absolute Gasteiger partial charge is 0.328 e. The van der Waals surface area contributed by atoms with Gasteiger partial charge in [-0.25, -0.2) is 4.79 Å². The number of fused-ring (bicyclic) bond motifs is 1. The van der Waals surface area contributed by atoms with Crippen molar-refractivity contribution in [1.29, 1.82) is 0 Å². The number of esters is 1. The summed E-state index contributed by atoms with van der Waals surface area (Å²) in [5.74, 6) is 0.0287. The summed E-state index contributed by atoms with van der Waals surface area (Å²) in [6.45, 7) is 0.885. The van der Waals surface area contributed by atoms with E-state index in [2.05, 4.69) is 4.40 Å². The Morgan fingerprint density at radius 3 is 2.67 bits per heavy atom. The predicted octanol–water partition coefficient (Wildman–Crippen LogP) is 2.39. The minimum Gasteiger partial charge on any atom is -0.464 e. The molecular formula is C20H20N2O4S. The first-order chi connectivity index (χ1) is 13.1. The van der Waals surface area contributed by atoms with Gasteiger partial charge in [-0.2, -0.15) is 8.42 Å². The molecule has 1 atom stereocenters. The average Bonchev–Trinajstić information content (AvgIpc) is 3.26. The molecule has 0 amide bonds. The number of hydrogen-bond donors (Lipinski definition) is 0. The van der Waals surface area contributed by atoms with Crippen molar-refractivity contribution in [2.75, 3.05) is 13.2 Å². The number of carbonyl (C=O) groups excluding carboxylic acids is 1. The highest BCUT2D eigenvalue weighted by molar-refractivity contribution is 7.90. The van der Waals surface area contributed by atoms with Crippen molar-refractivity contribution in [3.05, 3.63) is 65.7 Å². The lowest BCUT2D eigenvalue weighted by Crippen LogP contribution is -2.41. The molecule has 6 nitrogen and oxygen atoms in total. The maximum Gasteiger partial charge on any atom is 0.328 e. The van der Waals surface area contributed by atoms with Gasteiger partial charge in [0.1, 0.15) is 10.9 Å². The number of hydrogen-bond acceptors (Lipinski definition) is 5. The predicted molar refractivity (Wildman–Crippen MR) is 101 cm³/mol. The minimum absolute atomic E-state index is 0.197. The van der Waals surface area contributed by atoms with Crippen LogP contribution in [0.15, 0.2) is 63.9 Å². The van der Waals surface area contributed by atoms with Gasteiger partial charge in [0.05, 0.1) is 6.61 Å². The molecule has 27 heavy (non-hydrogen) atoms. The van der Waals surface area contributed by atoms with Gasteiger partial charge >= 0.3 is 5.97 Å². The van der Waals surface area contributed by atoms with Gasteiger partial charge in [0.2, 0.25) is 0 Å². The van der Waals surface area contributed by atoms with E-state index >= 15 is 0 Å². The summed E-state index contributed by atoms with van der Waals surface area (Å²) in [6.07, 6.45) is 2.07. The molecule has 140 valence electrons. The monoisotopic (exact) mass is 384 g/mol. The van der Waals surface area contributed by atoms with Crippen molar-refractivity contribution in [2.45, 2.75) is 30.2 Å². The van der Waals surface area contributed by atoms with Crippen LogP contribution in [0.3, 0.4) is 0 Å². The van der Waals surface area contributed by atoms with Gasteiger partial charge in [-0.05, 0) is 30.5 Å². The summed E-state index contributed by atoms with van der Waals surface area (Å²) in [5, 5.41) is 0. The largest absolute Gasteiger partial charge is 0.464 e. The summed E-state index contributed by atoms with van der Waals surface area (Å²) < 4.78 is 34.0. The molecule has 0 bridgehead atoms. The number of carbonyl (C=O) groups is 1. The van der Waals surface area contributed by atoms with Gasteiger partial charge in [-0.3, -0.25) is 0 Å². The van der Waals surface area contributed by atoms with Gasteiger partial charge < -0.3 is 9.64 Å². The van der Waals surface area contributed by atoms with Crippen molar-refractivity contribution < 1.29 is 17.9 Å². The number of benzene rings is 2. The normalized spacial score (nSPS) is 20.2. The van der Waals surface area contributed by atoms with Crippen LogP contribution < -0.4 is 0 Å². The lowest BCUT2D eigenvalue weighted by Gasteiger charge is -2.25.